The number of nitrogens with zero attached hydrogens (tertiary/aromatic N) is 1. The van der Waals surface area contributed by atoms with Crippen molar-refractivity contribution < 1.29 is 0 Å². The maximum absolute atomic E-state index is 4.11. The third kappa shape index (κ3) is 3.65. The predicted molar refractivity (Wildman–Crippen MR) is 88.1 cm³/mol. The van der Waals surface area contributed by atoms with Gasteiger partial charge in [0.05, 0.1) is 0 Å². The van der Waals surface area contributed by atoms with Gasteiger partial charge in [-0.3, -0.25) is 4.90 Å². The van der Waals surface area contributed by atoms with Crippen LogP contribution in [-0.2, 0) is 0 Å². The fraction of sp³-hybridized carbons (Fsp3) is 0.889. The second kappa shape index (κ2) is 7.61. The van der Waals surface area contributed by atoms with Gasteiger partial charge in [0.25, 0.3) is 0 Å². The first-order valence-corrected chi connectivity index (χ1v) is 8.82. The maximum atomic E-state index is 4.11. The first-order valence-electron chi connectivity index (χ1n) is 8.82. The predicted octanol–water partition coefficient (Wildman–Crippen LogP) is 4.12. The molecule has 1 atom stereocenters. The Hall–Kier alpha value is -0.340. The highest BCUT2D eigenvalue weighted by Crippen LogP contribution is 2.41. The van der Waals surface area contributed by atoms with E-state index >= 15 is 0 Å². The van der Waals surface area contributed by atoms with Gasteiger partial charge in [-0.25, -0.2) is 0 Å². The van der Waals surface area contributed by atoms with Crippen LogP contribution in [0.5, 0.6) is 0 Å². The van der Waals surface area contributed by atoms with Gasteiger partial charge in [0.1, 0.15) is 0 Å². The molecule has 0 spiro atoms. The minimum absolute atomic E-state index is 0.459. The molecule has 1 aliphatic carbocycles. The van der Waals surface area contributed by atoms with E-state index in [4.69, 9.17) is 0 Å². The van der Waals surface area contributed by atoms with E-state index in [0.717, 1.165) is 6.54 Å². The summed E-state index contributed by atoms with van der Waals surface area (Å²) < 4.78 is 0. The Balaban J connectivity index is 2.09. The lowest BCUT2D eigenvalue weighted by Crippen LogP contribution is -2.59. The Kier molecular flexibility index (Phi) is 6.10. The highest BCUT2D eigenvalue weighted by molar-refractivity contribution is 5.06. The SMILES string of the molecule is C=C(C)CCC(NCCC)C1(N2CCCC2)CCCC1. The molecule has 1 saturated carbocycles. The minimum Gasteiger partial charge on any atom is -0.312 e. The van der Waals surface area contributed by atoms with Crippen LogP contribution in [0.15, 0.2) is 12.2 Å². The molecular weight excluding hydrogens is 244 g/mol. The monoisotopic (exact) mass is 278 g/mol. The topological polar surface area (TPSA) is 15.3 Å². The van der Waals surface area contributed by atoms with Crippen molar-refractivity contribution >= 4 is 0 Å². The second-order valence-electron chi connectivity index (χ2n) is 7.01. The molecule has 1 aliphatic heterocycles. The minimum atomic E-state index is 0.459. The number of hydrogen-bond acceptors (Lipinski definition) is 2. The molecule has 2 fully saturated rings. The van der Waals surface area contributed by atoms with Gasteiger partial charge in [-0.1, -0.05) is 25.3 Å². The van der Waals surface area contributed by atoms with Crippen molar-refractivity contribution in [1.29, 1.82) is 0 Å². The van der Waals surface area contributed by atoms with Gasteiger partial charge in [-0.15, -0.1) is 6.58 Å². The van der Waals surface area contributed by atoms with E-state index in [9.17, 15) is 0 Å². The Morgan fingerprint density at radius 2 is 1.85 bits per heavy atom. The molecule has 2 heteroatoms. The van der Waals surface area contributed by atoms with E-state index in [-0.39, 0.29) is 0 Å². The Labute approximate surface area is 126 Å². The van der Waals surface area contributed by atoms with Crippen LogP contribution >= 0.6 is 0 Å². The third-order valence-electron chi connectivity index (χ3n) is 5.35. The quantitative estimate of drug-likeness (QED) is 0.672. The van der Waals surface area contributed by atoms with Crippen molar-refractivity contribution in [3.8, 4) is 0 Å². The van der Waals surface area contributed by atoms with E-state index in [1.807, 2.05) is 0 Å². The zero-order chi connectivity index (χ0) is 14.4. The number of hydrogen-bond donors (Lipinski definition) is 1. The molecule has 2 aliphatic rings. The van der Waals surface area contributed by atoms with Crippen LogP contribution in [0.4, 0.5) is 0 Å². The highest BCUT2D eigenvalue weighted by atomic mass is 15.2. The van der Waals surface area contributed by atoms with Crippen molar-refractivity contribution in [3.05, 3.63) is 12.2 Å². The summed E-state index contributed by atoms with van der Waals surface area (Å²) in [5, 5.41) is 3.90. The molecule has 1 heterocycles. The van der Waals surface area contributed by atoms with Gasteiger partial charge in [-0.2, -0.15) is 0 Å². The molecule has 0 radical (unpaired) electrons. The maximum Gasteiger partial charge on any atom is 0.0362 e. The van der Waals surface area contributed by atoms with Crippen molar-refractivity contribution in [2.24, 2.45) is 0 Å². The van der Waals surface area contributed by atoms with Crippen LogP contribution in [0.1, 0.15) is 71.6 Å². The van der Waals surface area contributed by atoms with Crippen molar-refractivity contribution in [2.75, 3.05) is 19.6 Å². The first kappa shape index (κ1) is 16.0. The van der Waals surface area contributed by atoms with E-state index in [1.165, 1.54) is 76.5 Å². The molecular formula is C18H34N2. The van der Waals surface area contributed by atoms with Crippen LogP contribution in [0.2, 0.25) is 0 Å². The van der Waals surface area contributed by atoms with Gasteiger partial charge < -0.3 is 5.32 Å². The average Bonchev–Trinajstić information content (AvgIpc) is 3.10. The fourth-order valence-corrected chi connectivity index (χ4v) is 4.30. The molecule has 2 nitrogen and oxygen atoms in total. The molecule has 1 N–H and O–H groups in total. The van der Waals surface area contributed by atoms with Gasteiger partial charge in [0, 0.05) is 11.6 Å². The largest absolute Gasteiger partial charge is 0.312 e. The molecule has 1 unspecified atom stereocenters. The van der Waals surface area contributed by atoms with Crippen molar-refractivity contribution in [2.45, 2.75) is 83.2 Å². The molecule has 0 aromatic rings. The number of rotatable bonds is 8. The molecule has 20 heavy (non-hydrogen) atoms. The van der Waals surface area contributed by atoms with E-state index in [0.29, 0.717) is 11.6 Å². The summed E-state index contributed by atoms with van der Waals surface area (Å²) in [7, 11) is 0. The molecule has 0 aromatic heterocycles. The molecule has 0 bridgehead atoms. The number of likely N-dealkylation sites (tertiary alicyclic amines) is 1. The first-order chi connectivity index (χ1) is 9.69. The lowest BCUT2D eigenvalue weighted by Gasteiger charge is -2.46. The molecule has 0 aromatic carbocycles. The molecule has 2 rings (SSSR count). The van der Waals surface area contributed by atoms with Gasteiger partial charge in [0.15, 0.2) is 0 Å². The van der Waals surface area contributed by atoms with E-state index in [2.05, 4.69) is 30.6 Å². The molecule has 1 saturated heterocycles. The number of nitrogens with one attached hydrogen (secondary N) is 1. The van der Waals surface area contributed by atoms with Crippen LogP contribution in [0.25, 0.3) is 0 Å². The Morgan fingerprint density at radius 3 is 2.40 bits per heavy atom. The average molecular weight is 278 g/mol. The van der Waals surface area contributed by atoms with Crippen molar-refractivity contribution in [3.63, 3.8) is 0 Å². The zero-order valence-electron chi connectivity index (χ0n) is 13.7. The van der Waals surface area contributed by atoms with Crippen LogP contribution in [0, 0.1) is 0 Å². The summed E-state index contributed by atoms with van der Waals surface area (Å²) in [5.41, 5.74) is 1.80. The van der Waals surface area contributed by atoms with Crippen LogP contribution in [-0.4, -0.2) is 36.1 Å². The van der Waals surface area contributed by atoms with Crippen LogP contribution in [0.3, 0.4) is 0 Å². The zero-order valence-corrected chi connectivity index (χ0v) is 13.7. The summed E-state index contributed by atoms with van der Waals surface area (Å²) >= 11 is 0. The van der Waals surface area contributed by atoms with E-state index < -0.39 is 0 Å². The Morgan fingerprint density at radius 1 is 1.20 bits per heavy atom. The third-order valence-corrected chi connectivity index (χ3v) is 5.35. The summed E-state index contributed by atoms with van der Waals surface area (Å²) in [4.78, 5) is 2.84. The van der Waals surface area contributed by atoms with Crippen LogP contribution < -0.4 is 5.32 Å². The van der Waals surface area contributed by atoms with Gasteiger partial charge >= 0.3 is 0 Å². The normalized spacial score (nSPS) is 24.1. The van der Waals surface area contributed by atoms with Gasteiger partial charge in [0.2, 0.25) is 0 Å². The Bertz CT molecular complexity index is 299. The van der Waals surface area contributed by atoms with Gasteiger partial charge in [-0.05, 0) is 71.5 Å². The smallest absolute Gasteiger partial charge is 0.0362 e. The summed E-state index contributed by atoms with van der Waals surface area (Å²) in [6, 6.07) is 0.666. The lowest BCUT2D eigenvalue weighted by molar-refractivity contribution is 0.0730. The summed E-state index contributed by atoms with van der Waals surface area (Å²) in [6.45, 7) is 12.4. The summed E-state index contributed by atoms with van der Waals surface area (Å²) in [5.74, 6) is 0. The highest BCUT2D eigenvalue weighted by Gasteiger charge is 2.45. The molecule has 116 valence electrons. The van der Waals surface area contributed by atoms with E-state index in [1.54, 1.807) is 0 Å². The molecule has 0 amide bonds. The second-order valence-corrected chi connectivity index (χ2v) is 7.01. The summed E-state index contributed by atoms with van der Waals surface area (Å²) in [6.07, 6.45) is 12.2. The standard InChI is InChI=1S/C18H34N2/c1-4-13-19-17(10-9-16(2)3)18(11-5-6-12-18)20-14-7-8-15-20/h17,19H,2,4-15H2,1,3H3. The fourth-order valence-electron chi connectivity index (χ4n) is 4.30. The number of allylic oxidation sites excluding steroid dienone is 1. The lowest BCUT2D eigenvalue weighted by atomic mass is 9.83. The van der Waals surface area contributed by atoms with Crippen molar-refractivity contribution in [1.82, 2.24) is 10.2 Å².